The number of rotatable bonds is 2. The van der Waals surface area contributed by atoms with Crippen molar-refractivity contribution in [2.75, 3.05) is 18.0 Å². The van der Waals surface area contributed by atoms with Gasteiger partial charge in [-0.1, -0.05) is 13.8 Å². The van der Waals surface area contributed by atoms with E-state index in [0.717, 1.165) is 32.0 Å². The van der Waals surface area contributed by atoms with E-state index in [1.54, 1.807) is 0 Å². The summed E-state index contributed by atoms with van der Waals surface area (Å²) in [5, 5.41) is 10.6. The van der Waals surface area contributed by atoms with Crippen LogP contribution in [-0.2, 0) is 0 Å². The molecular weight excluding hydrogens is 235 g/mol. The van der Waals surface area contributed by atoms with Crippen LogP contribution in [0.4, 0.5) is 15.8 Å². The van der Waals surface area contributed by atoms with Crippen molar-refractivity contribution in [2.45, 2.75) is 26.7 Å². The zero-order valence-electron chi connectivity index (χ0n) is 10.6. The van der Waals surface area contributed by atoms with Gasteiger partial charge >= 0.3 is 0 Å². The third-order valence-corrected chi connectivity index (χ3v) is 3.38. The lowest BCUT2D eigenvalue weighted by molar-refractivity contribution is -0.385. The monoisotopic (exact) mass is 252 g/mol. The highest BCUT2D eigenvalue weighted by atomic mass is 19.1. The number of nitrogens with zero attached hydrogens (tertiary/aromatic N) is 2. The number of piperidine rings is 1. The number of benzene rings is 1. The summed E-state index contributed by atoms with van der Waals surface area (Å²) in [4.78, 5) is 12.0. The second kappa shape index (κ2) is 4.55. The predicted octanol–water partition coefficient (Wildman–Crippen LogP) is 3.36. The molecule has 0 bridgehead atoms. The summed E-state index contributed by atoms with van der Waals surface area (Å²) in [6.45, 7) is 5.89. The average molecular weight is 252 g/mol. The maximum atomic E-state index is 13.9. The lowest BCUT2D eigenvalue weighted by Gasteiger charge is -2.39. The van der Waals surface area contributed by atoms with Gasteiger partial charge in [0, 0.05) is 19.2 Å². The first kappa shape index (κ1) is 12.8. The number of anilines is 1. The van der Waals surface area contributed by atoms with Gasteiger partial charge in [0.25, 0.3) is 5.69 Å². The van der Waals surface area contributed by atoms with Crippen molar-refractivity contribution in [1.29, 1.82) is 0 Å². The number of non-ortho nitro benzene ring substituents is 1. The second-order valence-corrected chi connectivity index (χ2v) is 5.58. The molecule has 0 atom stereocenters. The fourth-order valence-corrected chi connectivity index (χ4v) is 2.49. The Balaban J connectivity index is 2.26. The van der Waals surface area contributed by atoms with Crippen molar-refractivity contribution in [3.05, 3.63) is 34.1 Å². The van der Waals surface area contributed by atoms with E-state index in [1.807, 2.05) is 4.90 Å². The molecule has 0 unspecified atom stereocenters. The number of halogens is 1. The van der Waals surface area contributed by atoms with Gasteiger partial charge in [-0.3, -0.25) is 10.1 Å². The molecule has 0 radical (unpaired) electrons. The summed E-state index contributed by atoms with van der Waals surface area (Å²) in [5.74, 6) is -0.512. The largest absolute Gasteiger partial charge is 0.369 e. The van der Waals surface area contributed by atoms with E-state index in [0.29, 0.717) is 5.69 Å². The van der Waals surface area contributed by atoms with E-state index < -0.39 is 10.7 Å². The first-order valence-electron chi connectivity index (χ1n) is 6.08. The van der Waals surface area contributed by atoms with E-state index in [4.69, 9.17) is 0 Å². The smallest absolute Gasteiger partial charge is 0.272 e. The fourth-order valence-electron chi connectivity index (χ4n) is 2.49. The molecule has 5 heteroatoms. The number of nitro benzene ring substituents is 1. The standard InChI is InChI=1S/C13H17FN2O2/c1-13(2)6-3-7-15(9-13)12-5-4-10(16(17)18)8-11(12)14/h4-5,8H,3,6-7,9H2,1-2H3. The molecule has 1 aliphatic heterocycles. The van der Waals surface area contributed by atoms with E-state index in [9.17, 15) is 14.5 Å². The highest BCUT2D eigenvalue weighted by molar-refractivity contribution is 5.52. The molecule has 1 aliphatic rings. The molecule has 1 saturated heterocycles. The Hall–Kier alpha value is -1.65. The molecule has 0 aromatic heterocycles. The van der Waals surface area contributed by atoms with Crippen LogP contribution in [-0.4, -0.2) is 18.0 Å². The van der Waals surface area contributed by atoms with Crippen LogP contribution in [0.2, 0.25) is 0 Å². The van der Waals surface area contributed by atoms with Crippen molar-refractivity contribution in [1.82, 2.24) is 0 Å². The minimum atomic E-state index is -0.576. The van der Waals surface area contributed by atoms with Crippen LogP contribution in [0, 0.1) is 21.3 Å². The van der Waals surface area contributed by atoms with Gasteiger partial charge in [-0.2, -0.15) is 0 Å². The summed E-state index contributed by atoms with van der Waals surface area (Å²) < 4.78 is 13.9. The molecule has 1 heterocycles. The quantitative estimate of drug-likeness (QED) is 0.599. The zero-order chi connectivity index (χ0) is 13.3. The number of nitro groups is 1. The Morgan fingerprint density at radius 1 is 1.44 bits per heavy atom. The van der Waals surface area contributed by atoms with Gasteiger partial charge in [0.1, 0.15) is 0 Å². The molecule has 0 spiro atoms. The molecule has 0 aliphatic carbocycles. The summed E-state index contributed by atoms with van der Waals surface area (Å²) in [6, 6.07) is 3.87. The molecule has 1 aromatic carbocycles. The molecule has 0 saturated carbocycles. The van der Waals surface area contributed by atoms with Crippen molar-refractivity contribution in [2.24, 2.45) is 5.41 Å². The molecule has 18 heavy (non-hydrogen) atoms. The van der Waals surface area contributed by atoms with Crippen LogP contribution < -0.4 is 4.90 Å². The minimum absolute atomic E-state index is 0.159. The van der Waals surface area contributed by atoms with E-state index in [2.05, 4.69) is 13.8 Å². The average Bonchev–Trinajstić information content (AvgIpc) is 2.27. The lowest BCUT2D eigenvalue weighted by Crippen LogP contribution is -2.40. The van der Waals surface area contributed by atoms with E-state index in [1.165, 1.54) is 12.1 Å². The first-order chi connectivity index (χ1) is 8.39. The van der Waals surface area contributed by atoms with Crippen molar-refractivity contribution < 1.29 is 9.31 Å². The highest BCUT2D eigenvalue weighted by Crippen LogP contribution is 2.33. The summed E-state index contributed by atoms with van der Waals surface area (Å²) in [5.41, 5.74) is 0.424. The lowest BCUT2D eigenvalue weighted by atomic mass is 9.84. The molecule has 0 amide bonds. The summed E-state index contributed by atoms with van der Waals surface area (Å²) in [7, 11) is 0. The van der Waals surface area contributed by atoms with Crippen LogP contribution in [0.15, 0.2) is 18.2 Å². The predicted molar refractivity (Wildman–Crippen MR) is 68.3 cm³/mol. The van der Waals surface area contributed by atoms with Gasteiger partial charge < -0.3 is 4.90 Å². The summed E-state index contributed by atoms with van der Waals surface area (Å²) >= 11 is 0. The number of hydrogen-bond donors (Lipinski definition) is 0. The molecule has 2 rings (SSSR count). The Bertz CT molecular complexity index is 474. The highest BCUT2D eigenvalue weighted by Gasteiger charge is 2.28. The third-order valence-electron chi connectivity index (χ3n) is 3.38. The van der Waals surface area contributed by atoms with E-state index in [-0.39, 0.29) is 11.1 Å². The topological polar surface area (TPSA) is 46.4 Å². The van der Waals surface area contributed by atoms with Crippen molar-refractivity contribution >= 4 is 11.4 Å². The Labute approximate surface area is 106 Å². The van der Waals surface area contributed by atoms with Crippen LogP contribution in [0.1, 0.15) is 26.7 Å². The zero-order valence-corrected chi connectivity index (χ0v) is 10.6. The van der Waals surface area contributed by atoms with Crippen LogP contribution >= 0.6 is 0 Å². The first-order valence-corrected chi connectivity index (χ1v) is 6.08. The third kappa shape index (κ3) is 2.60. The molecular formula is C13H17FN2O2. The van der Waals surface area contributed by atoms with Gasteiger partial charge in [0.15, 0.2) is 5.82 Å². The Kier molecular flexibility index (Phi) is 3.24. The van der Waals surface area contributed by atoms with Gasteiger partial charge in [-0.15, -0.1) is 0 Å². The molecule has 1 fully saturated rings. The van der Waals surface area contributed by atoms with Gasteiger partial charge in [-0.05, 0) is 24.3 Å². The fraction of sp³-hybridized carbons (Fsp3) is 0.538. The van der Waals surface area contributed by atoms with Crippen molar-refractivity contribution in [3.8, 4) is 0 Å². The van der Waals surface area contributed by atoms with Gasteiger partial charge in [0.2, 0.25) is 0 Å². The minimum Gasteiger partial charge on any atom is -0.369 e. The van der Waals surface area contributed by atoms with Gasteiger partial charge in [0.05, 0.1) is 16.7 Å². The molecule has 0 N–H and O–H groups in total. The van der Waals surface area contributed by atoms with Crippen LogP contribution in [0.3, 0.4) is 0 Å². The molecule has 4 nitrogen and oxygen atoms in total. The van der Waals surface area contributed by atoms with Crippen LogP contribution in [0.5, 0.6) is 0 Å². The molecule has 98 valence electrons. The SMILES string of the molecule is CC1(C)CCCN(c2ccc([N+](=O)[O-])cc2F)C1. The summed E-state index contributed by atoms with van der Waals surface area (Å²) in [6.07, 6.45) is 2.14. The second-order valence-electron chi connectivity index (χ2n) is 5.58. The normalized spacial score (nSPS) is 18.7. The maximum absolute atomic E-state index is 13.9. The van der Waals surface area contributed by atoms with Crippen LogP contribution in [0.25, 0.3) is 0 Å². The van der Waals surface area contributed by atoms with Crippen molar-refractivity contribution in [3.63, 3.8) is 0 Å². The van der Waals surface area contributed by atoms with Gasteiger partial charge in [-0.25, -0.2) is 4.39 Å². The number of hydrogen-bond acceptors (Lipinski definition) is 3. The maximum Gasteiger partial charge on any atom is 0.272 e. The Morgan fingerprint density at radius 3 is 2.72 bits per heavy atom. The molecule has 1 aromatic rings. The Morgan fingerprint density at radius 2 is 2.17 bits per heavy atom. The van der Waals surface area contributed by atoms with E-state index >= 15 is 0 Å².